The Labute approximate surface area is 273 Å². The molecule has 3 rings (SSSR count). The maximum absolute atomic E-state index is 14.0. The first kappa shape index (κ1) is 36.6. The summed E-state index contributed by atoms with van der Waals surface area (Å²) in [6.07, 6.45) is 2.62. The van der Waals surface area contributed by atoms with E-state index >= 15 is 0 Å². The van der Waals surface area contributed by atoms with Crippen molar-refractivity contribution in [1.82, 2.24) is 14.7 Å². The number of aromatic nitrogens is 2. The summed E-state index contributed by atoms with van der Waals surface area (Å²) in [5.41, 5.74) is 4.32. The van der Waals surface area contributed by atoms with Crippen LogP contribution in [0, 0.1) is 12.7 Å². The summed E-state index contributed by atoms with van der Waals surface area (Å²) in [5.74, 6) is -1.65. The molecule has 0 spiro atoms. The Morgan fingerprint density at radius 3 is 2.26 bits per heavy atom. The quantitative estimate of drug-likeness (QED) is 0.107. The molecular formula is C36H48FN3O5Si. The van der Waals surface area contributed by atoms with Crippen LogP contribution >= 0.6 is 0 Å². The van der Waals surface area contributed by atoms with Gasteiger partial charge < -0.3 is 14.1 Å². The summed E-state index contributed by atoms with van der Waals surface area (Å²) < 4.78 is 27.0. The number of hydrogen-bond donors (Lipinski definition) is 0. The van der Waals surface area contributed by atoms with Gasteiger partial charge in [-0.15, -0.1) is 0 Å². The third kappa shape index (κ3) is 9.10. The molecule has 0 fully saturated rings. The first-order valence-electron chi connectivity index (χ1n) is 15.6. The Hall–Kier alpha value is -3.89. The molecule has 248 valence electrons. The van der Waals surface area contributed by atoms with Gasteiger partial charge in [0, 0.05) is 25.6 Å². The lowest BCUT2D eigenvalue weighted by Gasteiger charge is -2.38. The van der Waals surface area contributed by atoms with E-state index in [9.17, 15) is 18.8 Å². The van der Waals surface area contributed by atoms with Gasteiger partial charge in [-0.1, -0.05) is 65.0 Å². The number of ether oxygens (including phenoxy) is 1. The Morgan fingerprint density at radius 2 is 1.70 bits per heavy atom. The minimum Gasteiger partial charge on any atom is -0.469 e. The highest BCUT2D eigenvalue weighted by Gasteiger charge is 2.39. The van der Waals surface area contributed by atoms with E-state index in [0.717, 1.165) is 11.1 Å². The number of methoxy groups -OCH3 is 1. The lowest BCUT2D eigenvalue weighted by Crippen LogP contribution is -2.44. The summed E-state index contributed by atoms with van der Waals surface area (Å²) in [7, 11) is 0.647. The number of nitrogens with zero attached hydrogens (tertiary/aromatic N) is 3. The van der Waals surface area contributed by atoms with E-state index in [1.165, 1.54) is 19.2 Å². The Balaban J connectivity index is 2.14. The van der Waals surface area contributed by atoms with E-state index in [1.807, 2.05) is 57.2 Å². The van der Waals surface area contributed by atoms with Crippen LogP contribution in [0.5, 0.6) is 0 Å². The predicted octanol–water partition coefficient (Wildman–Crippen LogP) is 7.64. The average Bonchev–Trinajstić information content (AvgIpc) is 3.35. The van der Waals surface area contributed by atoms with Crippen LogP contribution in [-0.2, 0) is 25.3 Å². The van der Waals surface area contributed by atoms with Gasteiger partial charge in [0.05, 0.1) is 24.6 Å². The highest BCUT2D eigenvalue weighted by atomic mass is 28.4. The van der Waals surface area contributed by atoms with E-state index in [4.69, 9.17) is 14.3 Å². The summed E-state index contributed by atoms with van der Waals surface area (Å²) in [6.45, 7) is 16.9. The number of carbonyl (C=O) groups excluding carboxylic acids is 3. The van der Waals surface area contributed by atoms with Crippen LogP contribution in [0.3, 0.4) is 0 Å². The highest BCUT2D eigenvalue weighted by Crippen LogP contribution is 2.38. The number of esters is 1. The largest absolute Gasteiger partial charge is 0.469 e. The van der Waals surface area contributed by atoms with Gasteiger partial charge in [0.2, 0.25) is 0 Å². The van der Waals surface area contributed by atoms with Gasteiger partial charge in [0.25, 0.3) is 5.91 Å². The Kier molecular flexibility index (Phi) is 12.0. The third-order valence-electron chi connectivity index (χ3n) is 8.54. The lowest BCUT2D eigenvalue weighted by atomic mass is 9.98. The molecule has 0 aliphatic heterocycles. The summed E-state index contributed by atoms with van der Waals surface area (Å²) >= 11 is 0. The predicted molar refractivity (Wildman–Crippen MR) is 182 cm³/mol. The van der Waals surface area contributed by atoms with Crippen LogP contribution in [0.15, 0.2) is 54.6 Å². The van der Waals surface area contributed by atoms with E-state index in [-0.39, 0.29) is 35.5 Å². The molecule has 1 heterocycles. The van der Waals surface area contributed by atoms with Crippen LogP contribution in [0.4, 0.5) is 4.39 Å². The second kappa shape index (κ2) is 15.1. The highest BCUT2D eigenvalue weighted by molar-refractivity contribution is 6.74. The number of amides is 1. The van der Waals surface area contributed by atoms with Gasteiger partial charge in [-0.3, -0.25) is 14.4 Å². The molecule has 2 aromatic carbocycles. The first-order chi connectivity index (χ1) is 21.4. The zero-order valence-electron chi connectivity index (χ0n) is 28.8. The smallest absolute Gasteiger partial charge is 0.313 e. The van der Waals surface area contributed by atoms with Crippen molar-refractivity contribution in [3.05, 3.63) is 88.5 Å². The van der Waals surface area contributed by atoms with Gasteiger partial charge in [-0.05, 0) is 72.4 Å². The maximum Gasteiger partial charge on any atom is 0.313 e. The number of Topliss-reactive ketones (excluding diaryl/α,β-unsaturated/α-hetero) is 1. The second-order valence-corrected chi connectivity index (χ2v) is 18.3. The fourth-order valence-corrected chi connectivity index (χ4v) is 6.11. The molecule has 0 aliphatic rings. The number of aryl methyl sites for hydroxylation is 1. The van der Waals surface area contributed by atoms with E-state index < -0.39 is 26.2 Å². The molecule has 1 amide bonds. The van der Waals surface area contributed by atoms with Gasteiger partial charge >= 0.3 is 5.97 Å². The van der Waals surface area contributed by atoms with Crippen LogP contribution in [0.2, 0.25) is 18.1 Å². The van der Waals surface area contributed by atoms with Crippen molar-refractivity contribution in [3.8, 4) is 5.69 Å². The fraction of sp³-hybridized carbons (Fsp3) is 0.444. The van der Waals surface area contributed by atoms with E-state index in [1.54, 1.807) is 28.8 Å². The zero-order valence-corrected chi connectivity index (χ0v) is 29.8. The Bertz CT molecular complexity index is 1570. The molecule has 0 radical (unpaired) electrons. The van der Waals surface area contributed by atoms with E-state index in [2.05, 4.69) is 33.9 Å². The molecule has 3 aromatic rings. The molecule has 0 saturated heterocycles. The molecule has 0 N–H and O–H groups in total. The minimum atomic E-state index is -2.35. The fourth-order valence-electron chi connectivity index (χ4n) is 4.84. The number of halogens is 1. The van der Waals surface area contributed by atoms with Gasteiger partial charge in [0.15, 0.2) is 14.0 Å². The maximum atomic E-state index is 14.0. The lowest BCUT2D eigenvalue weighted by molar-refractivity contribution is -0.143. The van der Waals surface area contributed by atoms with Crippen LogP contribution < -0.4 is 0 Å². The van der Waals surface area contributed by atoms with E-state index in [0.29, 0.717) is 29.2 Å². The molecule has 1 aromatic heterocycles. The normalized spacial score (nSPS) is 12.9. The third-order valence-corrected chi connectivity index (χ3v) is 13.0. The Morgan fingerprint density at radius 1 is 1.07 bits per heavy atom. The standard InChI is InChI=1S/C36H48FN3O5Si/c1-24(2)33-31(20-19-30(21-29(41)22-32(42)44-8)45-46(9,10)36(4,5)6)40(28-17-15-27(37)16-18-28)38-34(33)35(43)39(7)23-26-14-12-11-13-25(26)3/h11-20,24,30H,21-23H2,1-10H3/b20-19+. The van der Waals surface area contributed by atoms with Crippen molar-refractivity contribution in [3.63, 3.8) is 0 Å². The van der Waals surface area contributed by atoms with Gasteiger partial charge in [-0.25, -0.2) is 9.07 Å². The van der Waals surface area contributed by atoms with Crippen molar-refractivity contribution in [2.45, 2.75) is 91.1 Å². The van der Waals surface area contributed by atoms with Crippen molar-refractivity contribution in [1.29, 1.82) is 0 Å². The van der Waals surface area contributed by atoms with Crippen LogP contribution in [-0.4, -0.2) is 60.9 Å². The molecular weight excluding hydrogens is 601 g/mol. The van der Waals surface area contributed by atoms with Gasteiger partial charge in [0.1, 0.15) is 18.0 Å². The molecule has 0 saturated carbocycles. The minimum absolute atomic E-state index is 0.0231. The average molecular weight is 650 g/mol. The summed E-state index contributed by atoms with van der Waals surface area (Å²) in [4.78, 5) is 40.4. The number of rotatable bonds is 13. The summed E-state index contributed by atoms with van der Waals surface area (Å²) in [5, 5.41) is 4.68. The summed E-state index contributed by atoms with van der Waals surface area (Å²) in [6, 6.07) is 13.8. The van der Waals surface area contributed by atoms with Crippen LogP contribution in [0.1, 0.15) is 86.3 Å². The van der Waals surface area contributed by atoms with Crippen molar-refractivity contribution in [2.24, 2.45) is 0 Å². The van der Waals surface area contributed by atoms with Crippen molar-refractivity contribution >= 4 is 32.1 Å². The number of hydrogen-bond acceptors (Lipinski definition) is 6. The molecule has 1 unspecified atom stereocenters. The first-order valence-corrected chi connectivity index (χ1v) is 18.5. The topological polar surface area (TPSA) is 90.7 Å². The number of carbonyl (C=O) groups is 3. The molecule has 0 bridgehead atoms. The van der Waals surface area contributed by atoms with Crippen molar-refractivity contribution in [2.75, 3.05) is 14.2 Å². The monoisotopic (exact) mass is 649 g/mol. The molecule has 1 atom stereocenters. The zero-order chi connectivity index (χ0) is 34.4. The number of benzene rings is 2. The number of ketones is 1. The van der Waals surface area contributed by atoms with Crippen LogP contribution in [0.25, 0.3) is 11.8 Å². The second-order valence-electron chi connectivity index (χ2n) is 13.5. The molecule has 8 nitrogen and oxygen atoms in total. The van der Waals surface area contributed by atoms with Crippen molar-refractivity contribution < 1.29 is 27.9 Å². The molecule has 10 heteroatoms. The van der Waals surface area contributed by atoms with Gasteiger partial charge in [-0.2, -0.15) is 5.10 Å². The molecule has 46 heavy (non-hydrogen) atoms. The molecule has 0 aliphatic carbocycles. The SMILES string of the molecule is COC(=O)CC(=O)CC(/C=C/c1c(C(C)C)c(C(=O)N(C)Cc2ccccc2C)nn1-c1ccc(F)cc1)O[Si](C)(C)C(C)(C)C.